The maximum atomic E-state index is 13.9. The molecule has 8 nitrogen and oxygen atoms in total. The van der Waals surface area contributed by atoms with Crippen LogP contribution in [0.3, 0.4) is 0 Å². The summed E-state index contributed by atoms with van der Waals surface area (Å²) in [7, 11) is 0. The molecular weight excluding hydrogens is 485 g/mol. The molecule has 3 aromatic rings. The Morgan fingerprint density at radius 2 is 1.94 bits per heavy atom. The van der Waals surface area contributed by atoms with Crippen LogP contribution in [0.2, 0.25) is 5.02 Å². The highest BCUT2D eigenvalue weighted by atomic mass is 35.5. The number of pyridine rings is 1. The normalized spacial score (nSPS) is 17.9. The molecule has 0 atom stereocenters. The van der Waals surface area contributed by atoms with Crippen molar-refractivity contribution in [2.75, 3.05) is 6.54 Å². The van der Waals surface area contributed by atoms with E-state index in [0.717, 1.165) is 6.07 Å². The molecule has 0 unspecified atom stereocenters. The van der Waals surface area contributed by atoms with E-state index >= 15 is 0 Å². The van der Waals surface area contributed by atoms with Crippen LogP contribution >= 0.6 is 11.6 Å². The Hall–Kier alpha value is -3.60. The number of benzene rings is 1. The van der Waals surface area contributed by atoms with E-state index in [9.17, 15) is 22.8 Å². The van der Waals surface area contributed by atoms with Gasteiger partial charge in [-0.1, -0.05) is 17.7 Å². The van der Waals surface area contributed by atoms with Gasteiger partial charge in [0, 0.05) is 37.3 Å². The molecule has 0 radical (unpaired) electrons. The van der Waals surface area contributed by atoms with Crippen LogP contribution in [0.1, 0.15) is 34.5 Å². The zero-order valence-corrected chi connectivity index (χ0v) is 19.0. The van der Waals surface area contributed by atoms with Crippen molar-refractivity contribution in [2.45, 2.75) is 37.4 Å². The Balaban J connectivity index is 1.43. The number of hydrogen-bond acceptors (Lipinski definition) is 4. The maximum absolute atomic E-state index is 13.9. The van der Waals surface area contributed by atoms with Gasteiger partial charge in [0.1, 0.15) is 11.5 Å². The third-order valence-electron chi connectivity index (χ3n) is 6.39. The van der Waals surface area contributed by atoms with Crippen LogP contribution < -0.4 is 11.1 Å². The number of alkyl halides is 2. The van der Waals surface area contributed by atoms with E-state index < -0.39 is 42.1 Å². The summed E-state index contributed by atoms with van der Waals surface area (Å²) >= 11 is 5.89. The summed E-state index contributed by atoms with van der Waals surface area (Å²) in [6, 6.07) is 6.66. The predicted molar refractivity (Wildman–Crippen MR) is 120 cm³/mol. The number of rotatable bonds is 4. The van der Waals surface area contributed by atoms with E-state index in [0.29, 0.717) is 16.8 Å². The number of nitrogens with one attached hydrogen (secondary N) is 1. The second kappa shape index (κ2) is 8.26. The van der Waals surface area contributed by atoms with Crippen LogP contribution in [0, 0.1) is 5.82 Å². The fourth-order valence-electron chi connectivity index (χ4n) is 4.72. The standard InChI is InChI=1S/C23H20ClF3N6O2/c24-15-8-13(3-4-16(15)25)19-18(20(28)34)17-10-32(6-7-33(17)31-19)21(35)30-22(11-23(26,27)12-22)14-2-1-5-29-9-14/h1-5,8-9H,6-7,10-12H2,(H2,28,34)(H,30,35). The van der Waals surface area contributed by atoms with E-state index in [2.05, 4.69) is 15.4 Å². The fourth-order valence-corrected chi connectivity index (χ4v) is 4.90. The SMILES string of the molecule is NC(=O)c1c(-c2ccc(F)c(Cl)c2)nn2c1CN(C(=O)NC1(c3cccnc3)CC(F)(F)C1)CC2. The minimum atomic E-state index is -2.89. The number of halogens is 4. The zero-order chi connectivity index (χ0) is 25.0. The Bertz CT molecular complexity index is 1320. The summed E-state index contributed by atoms with van der Waals surface area (Å²) in [6.07, 6.45) is 1.92. The van der Waals surface area contributed by atoms with Crippen molar-refractivity contribution < 1.29 is 22.8 Å². The van der Waals surface area contributed by atoms with Crippen LogP contribution in [-0.2, 0) is 18.6 Å². The number of carbonyl (C=O) groups excluding carboxylic acids is 2. The summed E-state index contributed by atoms with van der Waals surface area (Å²) in [5, 5.41) is 7.07. The van der Waals surface area contributed by atoms with Crippen molar-refractivity contribution in [3.63, 3.8) is 0 Å². The van der Waals surface area contributed by atoms with Gasteiger partial charge < -0.3 is 16.0 Å². The second-order valence-electron chi connectivity index (χ2n) is 8.77. The molecule has 1 aliphatic carbocycles. The molecule has 1 aliphatic heterocycles. The minimum Gasteiger partial charge on any atom is -0.365 e. The van der Waals surface area contributed by atoms with Crippen molar-refractivity contribution in [3.05, 3.63) is 70.4 Å². The van der Waals surface area contributed by atoms with Gasteiger partial charge in [-0.2, -0.15) is 5.10 Å². The molecule has 0 spiro atoms. The Kier molecular flexibility index (Phi) is 5.47. The molecule has 2 aliphatic rings. The molecule has 3 amide bonds. The van der Waals surface area contributed by atoms with Crippen molar-refractivity contribution >= 4 is 23.5 Å². The molecule has 35 heavy (non-hydrogen) atoms. The van der Waals surface area contributed by atoms with Crippen molar-refractivity contribution in [1.29, 1.82) is 0 Å². The summed E-state index contributed by atoms with van der Waals surface area (Å²) in [6.45, 7) is 0.446. The zero-order valence-electron chi connectivity index (χ0n) is 18.3. The van der Waals surface area contributed by atoms with E-state index in [1.54, 1.807) is 16.8 Å². The van der Waals surface area contributed by atoms with Gasteiger partial charge in [0.15, 0.2) is 0 Å². The highest BCUT2D eigenvalue weighted by molar-refractivity contribution is 6.31. The molecule has 3 N–H and O–H groups in total. The van der Waals surface area contributed by atoms with Gasteiger partial charge in [-0.05, 0) is 29.8 Å². The summed E-state index contributed by atoms with van der Waals surface area (Å²) in [5.41, 5.74) is 5.99. The van der Waals surface area contributed by atoms with E-state index in [1.165, 1.54) is 29.4 Å². The Morgan fingerprint density at radius 1 is 1.17 bits per heavy atom. The van der Waals surface area contributed by atoms with Crippen molar-refractivity contribution in [1.82, 2.24) is 25.0 Å². The average molecular weight is 505 g/mol. The fraction of sp³-hybridized carbons (Fsp3) is 0.304. The largest absolute Gasteiger partial charge is 0.365 e. The lowest BCUT2D eigenvalue weighted by Crippen LogP contribution is -2.62. The first-order chi connectivity index (χ1) is 16.6. The molecule has 0 saturated heterocycles. The molecule has 0 bridgehead atoms. The lowest BCUT2D eigenvalue weighted by atomic mass is 9.69. The van der Waals surface area contributed by atoms with Gasteiger partial charge in [0.05, 0.1) is 34.9 Å². The average Bonchev–Trinajstić information content (AvgIpc) is 3.19. The molecule has 1 fully saturated rings. The van der Waals surface area contributed by atoms with E-state index in [-0.39, 0.29) is 35.9 Å². The van der Waals surface area contributed by atoms with E-state index in [4.69, 9.17) is 17.3 Å². The third kappa shape index (κ3) is 4.09. The predicted octanol–water partition coefficient (Wildman–Crippen LogP) is 3.69. The number of carbonyl (C=O) groups is 2. The smallest absolute Gasteiger partial charge is 0.318 e. The van der Waals surface area contributed by atoms with Gasteiger partial charge in [-0.15, -0.1) is 0 Å². The van der Waals surface area contributed by atoms with Crippen LogP contribution in [0.4, 0.5) is 18.0 Å². The molecular formula is C23H20ClF3N6O2. The lowest BCUT2D eigenvalue weighted by Gasteiger charge is -2.48. The highest BCUT2D eigenvalue weighted by Crippen LogP contribution is 2.51. The quantitative estimate of drug-likeness (QED) is 0.565. The summed E-state index contributed by atoms with van der Waals surface area (Å²) in [4.78, 5) is 30.9. The number of urea groups is 1. The minimum absolute atomic E-state index is 0.0223. The van der Waals surface area contributed by atoms with Gasteiger partial charge in [0.25, 0.3) is 11.8 Å². The van der Waals surface area contributed by atoms with Crippen LogP contribution in [0.15, 0.2) is 42.7 Å². The molecule has 1 saturated carbocycles. The first-order valence-corrected chi connectivity index (χ1v) is 11.2. The van der Waals surface area contributed by atoms with Gasteiger partial charge in [-0.25, -0.2) is 18.0 Å². The highest BCUT2D eigenvalue weighted by Gasteiger charge is 2.58. The number of nitrogens with two attached hydrogens (primary N) is 1. The first kappa shape index (κ1) is 23.2. The summed E-state index contributed by atoms with van der Waals surface area (Å²) < 4.78 is 43.0. The van der Waals surface area contributed by atoms with Gasteiger partial charge in [0.2, 0.25) is 0 Å². The molecule has 1 aromatic carbocycles. The maximum Gasteiger partial charge on any atom is 0.318 e. The van der Waals surface area contributed by atoms with Crippen LogP contribution in [-0.4, -0.2) is 44.1 Å². The second-order valence-corrected chi connectivity index (χ2v) is 9.18. The molecule has 2 aromatic heterocycles. The number of nitrogens with zero attached hydrogens (tertiary/aromatic N) is 4. The molecule has 12 heteroatoms. The van der Waals surface area contributed by atoms with Gasteiger partial charge >= 0.3 is 6.03 Å². The Labute approximate surface area is 202 Å². The third-order valence-corrected chi connectivity index (χ3v) is 6.68. The number of fused-ring (bicyclic) bond motifs is 1. The number of hydrogen-bond donors (Lipinski definition) is 2. The van der Waals surface area contributed by atoms with Crippen molar-refractivity contribution in [2.24, 2.45) is 5.73 Å². The van der Waals surface area contributed by atoms with E-state index in [1.807, 2.05) is 0 Å². The molecule has 5 rings (SSSR count). The van der Waals surface area contributed by atoms with Crippen molar-refractivity contribution in [3.8, 4) is 11.3 Å². The molecule has 182 valence electrons. The monoisotopic (exact) mass is 504 g/mol. The topological polar surface area (TPSA) is 106 Å². The number of amides is 3. The van der Waals surface area contributed by atoms with Gasteiger partial charge in [-0.3, -0.25) is 14.5 Å². The number of primary amides is 1. The number of aromatic nitrogens is 3. The summed E-state index contributed by atoms with van der Waals surface area (Å²) in [5.74, 6) is -4.28. The Morgan fingerprint density at radius 3 is 2.57 bits per heavy atom. The lowest BCUT2D eigenvalue weighted by molar-refractivity contribution is -0.134. The van der Waals surface area contributed by atoms with Crippen LogP contribution in [0.25, 0.3) is 11.3 Å². The first-order valence-electron chi connectivity index (χ1n) is 10.8. The molecule has 3 heterocycles. The van der Waals surface area contributed by atoms with Crippen LogP contribution in [0.5, 0.6) is 0 Å².